The van der Waals surface area contributed by atoms with E-state index >= 15 is 0 Å². The number of para-hydroxylation sites is 1. The Morgan fingerprint density at radius 1 is 1.44 bits per heavy atom. The Kier molecular flexibility index (Phi) is 3.87. The first-order chi connectivity index (χ1) is 8.58. The van der Waals surface area contributed by atoms with Crippen LogP contribution in [0.3, 0.4) is 0 Å². The lowest BCUT2D eigenvalue weighted by Crippen LogP contribution is -2.50. The Balaban J connectivity index is 2.05. The molecule has 0 saturated carbocycles. The number of benzene rings is 1. The largest absolute Gasteiger partial charge is 0.508 e. The van der Waals surface area contributed by atoms with E-state index in [1.165, 1.54) is 0 Å². The second-order valence-corrected chi connectivity index (χ2v) is 4.84. The summed E-state index contributed by atoms with van der Waals surface area (Å²) < 4.78 is 5.50. The number of nitrogens with zero attached hydrogens (tertiary/aromatic N) is 1. The molecular formula is C14H19NO3. The van der Waals surface area contributed by atoms with Crippen molar-refractivity contribution in [2.75, 3.05) is 13.2 Å². The van der Waals surface area contributed by atoms with Crippen molar-refractivity contribution in [2.24, 2.45) is 0 Å². The first-order valence-electron chi connectivity index (χ1n) is 6.26. The lowest BCUT2D eigenvalue weighted by molar-refractivity contribution is -0.142. The molecule has 1 saturated heterocycles. The highest BCUT2D eigenvalue weighted by Crippen LogP contribution is 2.19. The highest BCUT2D eigenvalue weighted by molar-refractivity contribution is 5.79. The van der Waals surface area contributed by atoms with Crippen molar-refractivity contribution in [3.05, 3.63) is 29.8 Å². The molecule has 0 spiro atoms. The molecule has 18 heavy (non-hydrogen) atoms. The van der Waals surface area contributed by atoms with Crippen LogP contribution in [0.5, 0.6) is 5.75 Å². The first-order valence-corrected chi connectivity index (χ1v) is 6.26. The number of carbonyl (C=O) groups is 1. The number of amides is 1. The Morgan fingerprint density at radius 3 is 2.89 bits per heavy atom. The van der Waals surface area contributed by atoms with Crippen molar-refractivity contribution >= 4 is 5.91 Å². The van der Waals surface area contributed by atoms with Crippen LogP contribution >= 0.6 is 0 Å². The van der Waals surface area contributed by atoms with Gasteiger partial charge in [0.1, 0.15) is 5.75 Å². The zero-order valence-corrected chi connectivity index (χ0v) is 10.8. The third-order valence-corrected chi connectivity index (χ3v) is 3.26. The first kappa shape index (κ1) is 12.9. The summed E-state index contributed by atoms with van der Waals surface area (Å²) in [6, 6.07) is 7.06. The van der Waals surface area contributed by atoms with E-state index < -0.39 is 0 Å². The summed E-state index contributed by atoms with van der Waals surface area (Å²) in [4.78, 5) is 14.1. The number of phenolic OH excluding ortho intramolecular Hbond substituents is 1. The molecule has 98 valence electrons. The van der Waals surface area contributed by atoms with Gasteiger partial charge in [0.25, 0.3) is 0 Å². The fourth-order valence-electron chi connectivity index (χ4n) is 2.18. The molecule has 1 amide bonds. The van der Waals surface area contributed by atoms with Gasteiger partial charge >= 0.3 is 0 Å². The van der Waals surface area contributed by atoms with Crippen molar-refractivity contribution in [3.63, 3.8) is 0 Å². The number of rotatable bonds is 2. The van der Waals surface area contributed by atoms with Crippen LogP contribution in [0.1, 0.15) is 19.4 Å². The molecule has 4 nitrogen and oxygen atoms in total. The van der Waals surface area contributed by atoms with Crippen LogP contribution in [0.15, 0.2) is 24.3 Å². The van der Waals surface area contributed by atoms with E-state index in [1.54, 1.807) is 18.2 Å². The van der Waals surface area contributed by atoms with Crippen LogP contribution < -0.4 is 0 Å². The Bertz CT molecular complexity index is 433. The monoisotopic (exact) mass is 249 g/mol. The number of morpholine rings is 1. The minimum atomic E-state index is 0.0409. The van der Waals surface area contributed by atoms with Gasteiger partial charge in [-0.25, -0.2) is 0 Å². The molecule has 2 rings (SSSR count). The van der Waals surface area contributed by atoms with Crippen LogP contribution in [-0.2, 0) is 16.0 Å². The molecule has 0 radical (unpaired) electrons. The number of ether oxygens (including phenoxy) is 1. The second-order valence-electron chi connectivity index (χ2n) is 4.84. The maximum Gasteiger partial charge on any atom is 0.227 e. The van der Waals surface area contributed by atoms with Crippen LogP contribution in [0.25, 0.3) is 0 Å². The van der Waals surface area contributed by atoms with Crippen molar-refractivity contribution in [3.8, 4) is 5.75 Å². The quantitative estimate of drug-likeness (QED) is 0.865. The van der Waals surface area contributed by atoms with Gasteiger partial charge in [0, 0.05) is 12.1 Å². The van der Waals surface area contributed by atoms with Crippen molar-refractivity contribution in [1.29, 1.82) is 0 Å². The highest BCUT2D eigenvalue weighted by atomic mass is 16.5. The lowest BCUT2D eigenvalue weighted by Gasteiger charge is -2.37. The molecule has 0 aliphatic carbocycles. The van der Waals surface area contributed by atoms with E-state index in [-0.39, 0.29) is 30.2 Å². The molecule has 1 N–H and O–H groups in total. The minimum Gasteiger partial charge on any atom is -0.508 e. The average molecular weight is 249 g/mol. The summed E-state index contributed by atoms with van der Waals surface area (Å²) in [6.07, 6.45) is 0.318. The number of carbonyl (C=O) groups excluding carboxylic acids is 1. The fraction of sp³-hybridized carbons (Fsp3) is 0.500. The predicted octanol–water partition coefficient (Wildman–Crippen LogP) is 1.57. The number of aromatic hydroxyl groups is 1. The Hall–Kier alpha value is -1.55. The Labute approximate surface area is 107 Å². The molecule has 2 unspecified atom stereocenters. The predicted molar refractivity (Wildman–Crippen MR) is 68.4 cm³/mol. The van der Waals surface area contributed by atoms with Gasteiger partial charge in [-0.2, -0.15) is 0 Å². The number of hydrogen-bond acceptors (Lipinski definition) is 3. The molecule has 2 atom stereocenters. The topological polar surface area (TPSA) is 49.8 Å². The molecule has 1 aliphatic rings. The van der Waals surface area contributed by atoms with Gasteiger partial charge in [0.05, 0.1) is 25.2 Å². The molecule has 1 aromatic rings. The molecule has 4 heteroatoms. The van der Waals surface area contributed by atoms with Crippen LogP contribution in [-0.4, -0.2) is 41.2 Å². The molecule has 1 aromatic carbocycles. The van der Waals surface area contributed by atoms with Crippen LogP contribution in [0, 0.1) is 0 Å². The average Bonchev–Trinajstić information content (AvgIpc) is 2.35. The minimum absolute atomic E-state index is 0.0409. The van der Waals surface area contributed by atoms with Gasteiger partial charge in [0.15, 0.2) is 0 Å². The standard InChI is InChI=1S/C14H19NO3/c1-10-9-18-11(2)8-15(10)14(17)7-12-5-3-4-6-13(12)16/h3-6,10-11,16H,7-9H2,1-2H3. The smallest absolute Gasteiger partial charge is 0.227 e. The summed E-state index contributed by atoms with van der Waals surface area (Å²) in [6.45, 7) is 5.14. The summed E-state index contributed by atoms with van der Waals surface area (Å²) >= 11 is 0. The molecule has 0 aromatic heterocycles. The second kappa shape index (κ2) is 5.40. The van der Waals surface area contributed by atoms with Gasteiger partial charge in [-0.3, -0.25) is 4.79 Å². The zero-order valence-electron chi connectivity index (χ0n) is 10.8. The fourth-order valence-corrected chi connectivity index (χ4v) is 2.18. The van der Waals surface area contributed by atoms with Gasteiger partial charge in [-0.05, 0) is 19.9 Å². The van der Waals surface area contributed by atoms with Crippen LogP contribution in [0.4, 0.5) is 0 Å². The van der Waals surface area contributed by atoms with E-state index in [4.69, 9.17) is 4.74 Å². The van der Waals surface area contributed by atoms with E-state index in [9.17, 15) is 9.90 Å². The molecular weight excluding hydrogens is 230 g/mol. The summed E-state index contributed by atoms with van der Waals surface area (Å²) in [5.41, 5.74) is 0.675. The summed E-state index contributed by atoms with van der Waals surface area (Å²) in [5.74, 6) is 0.221. The molecule has 1 aliphatic heterocycles. The summed E-state index contributed by atoms with van der Waals surface area (Å²) in [7, 11) is 0. The van der Waals surface area contributed by atoms with Crippen molar-refractivity contribution < 1.29 is 14.6 Å². The SMILES string of the molecule is CC1CN(C(=O)Cc2ccccc2O)C(C)CO1. The van der Waals surface area contributed by atoms with E-state index in [1.807, 2.05) is 24.8 Å². The maximum absolute atomic E-state index is 12.2. The third kappa shape index (κ3) is 2.82. The number of hydrogen-bond donors (Lipinski definition) is 1. The zero-order chi connectivity index (χ0) is 13.1. The third-order valence-electron chi connectivity index (χ3n) is 3.26. The Morgan fingerprint density at radius 2 is 2.17 bits per heavy atom. The van der Waals surface area contributed by atoms with Gasteiger partial charge in [-0.1, -0.05) is 18.2 Å². The van der Waals surface area contributed by atoms with E-state index in [0.29, 0.717) is 18.7 Å². The summed E-state index contributed by atoms with van der Waals surface area (Å²) in [5, 5.41) is 9.68. The molecule has 1 fully saturated rings. The van der Waals surface area contributed by atoms with E-state index in [2.05, 4.69) is 0 Å². The molecule has 1 heterocycles. The number of phenols is 1. The lowest BCUT2D eigenvalue weighted by atomic mass is 10.1. The van der Waals surface area contributed by atoms with Crippen LogP contribution in [0.2, 0.25) is 0 Å². The van der Waals surface area contributed by atoms with Gasteiger partial charge in [0.2, 0.25) is 5.91 Å². The van der Waals surface area contributed by atoms with Crippen molar-refractivity contribution in [1.82, 2.24) is 4.90 Å². The maximum atomic E-state index is 12.2. The normalized spacial score (nSPS) is 24.0. The van der Waals surface area contributed by atoms with Gasteiger partial charge in [-0.15, -0.1) is 0 Å². The van der Waals surface area contributed by atoms with Gasteiger partial charge < -0.3 is 14.7 Å². The van der Waals surface area contributed by atoms with Crippen molar-refractivity contribution in [2.45, 2.75) is 32.4 Å². The van der Waals surface area contributed by atoms with E-state index in [0.717, 1.165) is 0 Å². The molecule has 0 bridgehead atoms. The highest BCUT2D eigenvalue weighted by Gasteiger charge is 2.27.